The molecule has 1 rings (SSSR count). The summed E-state index contributed by atoms with van der Waals surface area (Å²) in [5, 5.41) is 0. The van der Waals surface area contributed by atoms with Crippen LogP contribution in [0.5, 0.6) is 0 Å². The molecule has 0 heterocycles. The second-order valence-electron chi connectivity index (χ2n) is 4.09. The summed E-state index contributed by atoms with van der Waals surface area (Å²) in [6.07, 6.45) is 2.22. The third kappa shape index (κ3) is 9.72. The third-order valence-corrected chi connectivity index (χ3v) is 2.30. The molecule has 0 aliphatic carbocycles. The van der Waals surface area contributed by atoms with E-state index in [-0.39, 0.29) is 6.04 Å². The van der Waals surface area contributed by atoms with Crippen molar-refractivity contribution in [2.45, 2.75) is 39.2 Å². The van der Waals surface area contributed by atoms with Crippen LogP contribution >= 0.6 is 0 Å². The number of benzene rings is 1. The number of aryl methyl sites for hydroxylation is 1. The van der Waals surface area contributed by atoms with Crippen LogP contribution in [0.4, 0.5) is 0 Å². The Morgan fingerprint density at radius 1 is 1.29 bits per heavy atom. The van der Waals surface area contributed by atoms with Crippen LogP contribution in [0.2, 0.25) is 0 Å². The monoisotopic (exact) mass is 236 g/mol. The molecular weight excluding hydrogens is 212 g/mol. The van der Waals surface area contributed by atoms with E-state index >= 15 is 0 Å². The number of Topliss-reactive ketones (excluding diaryl/α,β-unsaturated/α-hetero) is 1. The lowest BCUT2D eigenvalue weighted by molar-refractivity contribution is -0.118. The molecule has 3 nitrogen and oxygen atoms in total. The van der Waals surface area contributed by atoms with Gasteiger partial charge < -0.3 is 11.5 Å². The highest BCUT2D eigenvalue weighted by atomic mass is 16.1. The van der Waals surface area contributed by atoms with Gasteiger partial charge in [0.1, 0.15) is 5.78 Å². The average molecular weight is 236 g/mol. The molecule has 3 heteroatoms. The number of rotatable bonds is 5. The molecule has 96 valence electrons. The van der Waals surface area contributed by atoms with Crippen LogP contribution in [0.25, 0.3) is 0 Å². The second kappa shape index (κ2) is 10.00. The normalized spacial score (nSPS) is 11.3. The maximum Gasteiger partial charge on any atom is 0.132 e. The van der Waals surface area contributed by atoms with Gasteiger partial charge in [0.15, 0.2) is 0 Å². The summed E-state index contributed by atoms with van der Waals surface area (Å²) in [6.45, 7) is 4.37. The van der Waals surface area contributed by atoms with Crippen LogP contribution in [0.15, 0.2) is 30.3 Å². The van der Waals surface area contributed by atoms with Gasteiger partial charge in [-0.1, -0.05) is 37.3 Å². The summed E-state index contributed by atoms with van der Waals surface area (Å²) in [5.41, 5.74) is 11.5. The number of nitrogens with two attached hydrogens (primary N) is 2. The molecule has 1 aromatic carbocycles. The lowest BCUT2D eigenvalue weighted by Crippen LogP contribution is -2.25. The van der Waals surface area contributed by atoms with E-state index in [1.54, 1.807) is 0 Å². The Balaban J connectivity index is 0.000000437. The van der Waals surface area contributed by atoms with Crippen molar-refractivity contribution in [1.29, 1.82) is 0 Å². The molecule has 1 atom stereocenters. The molecule has 0 radical (unpaired) electrons. The molecule has 0 spiro atoms. The van der Waals surface area contributed by atoms with Gasteiger partial charge in [0, 0.05) is 25.4 Å². The summed E-state index contributed by atoms with van der Waals surface area (Å²) < 4.78 is 0. The number of carbonyl (C=O) groups excluding carboxylic acids is 1. The van der Waals surface area contributed by atoms with Crippen LogP contribution < -0.4 is 11.5 Å². The molecule has 1 unspecified atom stereocenters. The van der Waals surface area contributed by atoms with E-state index in [1.165, 1.54) is 5.56 Å². The van der Waals surface area contributed by atoms with Gasteiger partial charge in [0.05, 0.1) is 0 Å². The molecule has 0 aromatic heterocycles. The molecule has 0 saturated heterocycles. The summed E-state index contributed by atoms with van der Waals surface area (Å²) in [5.74, 6) is 0.346. The van der Waals surface area contributed by atoms with Crippen molar-refractivity contribution in [3.63, 3.8) is 0 Å². The maximum atomic E-state index is 11.0. The van der Waals surface area contributed by atoms with Gasteiger partial charge in [-0.25, -0.2) is 0 Å². The fourth-order valence-corrected chi connectivity index (χ4v) is 1.11. The Bertz CT molecular complexity index is 296. The largest absolute Gasteiger partial charge is 0.329 e. The summed E-state index contributed by atoms with van der Waals surface area (Å²) in [7, 11) is 0. The first kappa shape index (κ1) is 15.8. The summed E-state index contributed by atoms with van der Waals surface area (Å²) in [4.78, 5) is 11.0. The van der Waals surface area contributed by atoms with Gasteiger partial charge in [-0.2, -0.15) is 0 Å². The highest BCUT2D eigenvalue weighted by Gasteiger charge is 1.98. The SMILES string of the molecule is CC(N)CN.CCC(=O)CCc1ccccc1. The average Bonchev–Trinajstić information content (AvgIpc) is 2.37. The number of ketones is 1. The van der Waals surface area contributed by atoms with Crippen LogP contribution in [0.1, 0.15) is 32.3 Å². The minimum absolute atomic E-state index is 0.162. The summed E-state index contributed by atoms with van der Waals surface area (Å²) in [6, 6.07) is 10.3. The maximum absolute atomic E-state index is 11.0. The van der Waals surface area contributed by atoms with E-state index in [1.807, 2.05) is 32.0 Å². The minimum atomic E-state index is 0.162. The smallest absolute Gasteiger partial charge is 0.132 e. The van der Waals surface area contributed by atoms with Gasteiger partial charge in [-0.15, -0.1) is 0 Å². The zero-order chi connectivity index (χ0) is 13.1. The van der Waals surface area contributed by atoms with E-state index < -0.39 is 0 Å². The fourth-order valence-electron chi connectivity index (χ4n) is 1.11. The predicted octanol–water partition coefficient (Wildman–Crippen LogP) is 1.89. The molecule has 17 heavy (non-hydrogen) atoms. The van der Waals surface area contributed by atoms with Crippen LogP contribution in [0.3, 0.4) is 0 Å². The highest BCUT2D eigenvalue weighted by molar-refractivity contribution is 5.78. The number of carbonyl (C=O) groups is 1. The molecular formula is C14H24N2O. The molecule has 1 aromatic rings. The molecule has 0 saturated carbocycles. The third-order valence-electron chi connectivity index (χ3n) is 2.30. The van der Waals surface area contributed by atoms with Crippen molar-refractivity contribution in [1.82, 2.24) is 0 Å². The quantitative estimate of drug-likeness (QED) is 0.820. The molecule has 4 N–H and O–H groups in total. The Kier molecular flexibility index (Phi) is 9.30. The Morgan fingerprint density at radius 3 is 2.24 bits per heavy atom. The zero-order valence-corrected chi connectivity index (χ0v) is 10.9. The molecule has 0 fully saturated rings. The Morgan fingerprint density at radius 2 is 1.82 bits per heavy atom. The van der Waals surface area contributed by atoms with Gasteiger partial charge in [0.2, 0.25) is 0 Å². The van der Waals surface area contributed by atoms with E-state index in [0.29, 0.717) is 25.2 Å². The van der Waals surface area contributed by atoms with Crippen LogP contribution in [-0.2, 0) is 11.2 Å². The van der Waals surface area contributed by atoms with Crippen molar-refractivity contribution in [3.8, 4) is 0 Å². The first-order chi connectivity index (χ1) is 8.10. The van der Waals surface area contributed by atoms with Crippen molar-refractivity contribution in [3.05, 3.63) is 35.9 Å². The van der Waals surface area contributed by atoms with Crippen molar-refractivity contribution < 1.29 is 4.79 Å². The minimum Gasteiger partial charge on any atom is -0.329 e. The van der Waals surface area contributed by atoms with Crippen molar-refractivity contribution in [2.24, 2.45) is 11.5 Å². The first-order valence-corrected chi connectivity index (χ1v) is 6.11. The van der Waals surface area contributed by atoms with E-state index in [0.717, 1.165) is 6.42 Å². The van der Waals surface area contributed by atoms with E-state index in [4.69, 9.17) is 11.5 Å². The van der Waals surface area contributed by atoms with Crippen molar-refractivity contribution >= 4 is 5.78 Å². The second-order valence-corrected chi connectivity index (χ2v) is 4.09. The lowest BCUT2D eigenvalue weighted by atomic mass is 10.1. The van der Waals surface area contributed by atoms with Gasteiger partial charge in [0.25, 0.3) is 0 Å². The molecule has 0 bridgehead atoms. The molecule has 0 aliphatic rings. The number of hydrogen-bond acceptors (Lipinski definition) is 3. The highest BCUT2D eigenvalue weighted by Crippen LogP contribution is 2.03. The Labute approximate surface area is 104 Å². The van der Waals surface area contributed by atoms with Crippen LogP contribution in [-0.4, -0.2) is 18.4 Å². The van der Waals surface area contributed by atoms with Gasteiger partial charge >= 0.3 is 0 Å². The predicted molar refractivity (Wildman–Crippen MR) is 72.8 cm³/mol. The standard InChI is InChI=1S/C11H14O.C3H10N2/c1-2-11(12)9-8-10-6-4-3-5-7-10;1-3(5)2-4/h3-7H,2,8-9H2,1H3;3H,2,4-5H2,1H3. The van der Waals surface area contributed by atoms with Gasteiger partial charge in [-0.05, 0) is 18.9 Å². The Hall–Kier alpha value is -1.19. The zero-order valence-electron chi connectivity index (χ0n) is 10.9. The number of hydrogen-bond donors (Lipinski definition) is 2. The summed E-state index contributed by atoms with van der Waals surface area (Å²) >= 11 is 0. The fraction of sp³-hybridized carbons (Fsp3) is 0.500. The first-order valence-electron chi connectivity index (χ1n) is 6.11. The van der Waals surface area contributed by atoms with Gasteiger partial charge in [-0.3, -0.25) is 4.79 Å². The molecule has 0 aliphatic heterocycles. The van der Waals surface area contributed by atoms with Crippen LogP contribution in [0, 0.1) is 0 Å². The molecule has 0 amide bonds. The van der Waals surface area contributed by atoms with E-state index in [2.05, 4.69) is 12.1 Å². The topological polar surface area (TPSA) is 69.1 Å². The van der Waals surface area contributed by atoms with E-state index in [9.17, 15) is 4.79 Å². The lowest BCUT2D eigenvalue weighted by Gasteiger charge is -1.98. The van der Waals surface area contributed by atoms with Crippen molar-refractivity contribution in [2.75, 3.05) is 6.54 Å².